The Morgan fingerprint density at radius 1 is 1.06 bits per heavy atom. The van der Waals surface area contributed by atoms with E-state index in [2.05, 4.69) is 52.0 Å². The van der Waals surface area contributed by atoms with Gasteiger partial charge in [-0.1, -0.05) is 55.4 Å². The van der Waals surface area contributed by atoms with Crippen molar-refractivity contribution in [3.63, 3.8) is 0 Å². The standard InChI is InChI=1S/C25H28O2S.C4H8O/c1-5-17(4)14-19(7-6-16(2)3)24-15-22-21(12-13-23(27)25(22)28-24)18-8-10-20(26)11-9-18;1-3-4(2)5/h6-11,14-15,21,26H,5,12-13H2,1-4H3;3H2,1-2H3/b17-14+,19-7+;. The summed E-state index contributed by atoms with van der Waals surface area (Å²) in [5.74, 6) is 0.984. The van der Waals surface area contributed by atoms with Crippen molar-refractivity contribution in [2.45, 2.75) is 73.1 Å². The normalized spacial score (nSPS) is 15.9. The summed E-state index contributed by atoms with van der Waals surface area (Å²) in [7, 11) is 0. The second-order valence-corrected chi connectivity index (χ2v) is 9.82. The van der Waals surface area contributed by atoms with Gasteiger partial charge in [0.25, 0.3) is 0 Å². The molecule has 1 unspecified atom stereocenters. The maximum atomic E-state index is 12.6. The zero-order valence-electron chi connectivity index (χ0n) is 20.7. The number of carbonyl (C=O) groups excluding carboxylic acids is 2. The van der Waals surface area contributed by atoms with Crippen molar-refractivity contribution in [1.82, 2.24) is 0 Å². The van der Waals surface area contributed by atoms with Crippen molar-refractivity contribution in [2.24, 2.45) is 0 Å². The Labute approximate surface area is 202 Å². The molecule has 0 bridgehead atoms. The number of hydrogen-bond acceptors (Lipinski definition) is 4. The minimum atomic E-state index is 0.208. The van der Waals surface area contributed by atoms with Crippen LogP contribution in [0.2, 0.25) is 0 Å². The molecule has 0 amide bonds. The van der Waals surface area contributed by atoms with E-state index in [0.717, 1.165) is 39.3 Å². The van der Waals surface area contributed by atoms with Crippen LogP contribution in [0.4, 0.5) is 0 Å². The third-order valence-electron chi connectivity index (χ3n) is 5.68. The van der Waals surface area contributed by atoms with Crippen LogP contribution in [-0.4, -0.2) is 16.7 Å². The average molecular weight is 465 g/mol. The SMILES string of the molecule is CC/C(C)=C/C(=C\C=C(C)C)c1cc2c(s1)C(=O)CCC2c1ccc(O)cc1.CCC(C)=O. The number of fused-ring (bicyclic) bond motifs is 1. The molecule has 1 heterocycles. The quantitative estimate of drug-likeness (QED) is 0.438. The summed E-state index contributed by atoms with van der Waals surface area (Å²) in [6.07, 6.45) is 9.60. The fourth-order valence-electron chi connectivity index (χ4n) is 3.45. The summed E-state index contributed by atoms with van der Waals surface area (Å²) in [6.45, 7) is 11.9. The number of thiophene rings is 1. The number of Topliss-reactive ketones (excluding diaryl/α,β-unsaturated/α-hetero) is 2. The van der Waals surface area contributed by atoms with Gasteiger partial charge in [0.05, 0.1) is 4.88 Å². The van der Waals surface area contributed by atoms with Crippen molar-refractivity contribution in [3.05, 3.63) is 80.6 Å². The van der Waals surface area contributed by atoms with Crippen molar-refractivity contribution in [2.75, 3.05) is 0 Å². The first kappa shape index (κ1) is 26.5. The van der Waals surface area contributed by atoms with Crippen molar-refractivity contribution >= 4 is 28.5 Å². The van der Waals surface area contributed by atoms with Gasteiger partial charge in [0.2, 0.25) is 0 Å². The fraction of sp³-hybridized carbons (Fsp3) is 0.379. The molecule has 1 aromatic heterocycles. The van der Waals surface area contributed by atoms with Gasteiger partial charge in [0.1, 0.15) is 11.5 Å². The number of allylic oxidation sites excluding steroid dienone is 6. The molecule has 2 aromatic rings. The Morgan fingerprint density at radius 2 is 1.70 bits per heavy atom. The zero-order chi connectivity index (χ0) is 24.5. The molecule has 33 heavy (non-hydrogen) atoms. The van der Waals surface area contributed by atoms with E-state index in [-0.39, 0.29) is 23.2 Å². The molecule has 0 radical (unpaired) electrons. The maximum absolute atomic E-state index is 12.6. The summed E-state index contributed by atoms with van der Waals surface area (Å²) < 4.78 is 0. The van der Waals surface area contributed by atoms with Crippen LogP contribution in [-0.2, 0) is 4.79 Å². The smallest absolute Gasteiger partial charge is 0.173 e. The number of hydrogen-bond donors (Lipinski definition) is 1. The Balaban J connectivity index is 0.000000696. The minimum Gasteiger partial charge on any atom is -0.508 e. The molecular formula is C29H36O3S. The van der Waals surface area contributed by atoms with E-state index in [1.54, 1.807) is 30.4 Å². The highest BCUT2D eigenvalue weighted by atomic mass is 32.1. The molecule has 1 N–H and O–H groups in total. The van der Waals surface area contributed by atoms with Gasteiger partial charge in [-0.2, -0.15) is 0 Å². The first-order valence-electron chi connectivity index (χ1n) is 11.6. The molecule has 1 aliphatic rings. The van der Waals surface area contributed by atoms with Crippen LogP contribution >= 0.6 is 11.3 Å². The molecule has 3 rings (SSSR count). The lowest BCUT2D eigenvalue weighted by Crippen LogP contribution is -2.13. The van der Waals surface area contributed by atoms with Crippen LogP contribution in [0.1, 0.15) is 98.8 Å². The largest absolute Gasteiger partial charge is 0.508 e. The predicted octanol–water partition coefficient (Wildman–Crippen LogP) is 8.25. The number of benzene rings is 1. The monoisotopic (exact) mass is 464 g/mol. The second kappa shape index (κ2) is 12.5. The molecule has 0 saturated carbocycles. The number of rotatable bonds is 6. The van der Waals surface area contributed by atoms with Gasteiger partial charge >= 0.3 is 0 Å². The molecule has 4 heteroatoms. The van der Waals surface area contributed by atoms with Crippen molar-refractivity contribution < 1.29 is 14.7 Å². The lowest BCUT2D eigenvalue weighted by atomic mass is 9.82. The summed E-state index contributed by atoms with van der Waals surface area (Å²) in [5, 5.41) is 9.61. The maximum Gasteiger partial charge on any atom is 0.173 e. The minimum absolute atomic E-state index is 0.208. The Bertz CT molecular complexity index is 1060. The fourth-order valence-corrected chi connectivity index (χ4v) is 4.63. The van der Waals surface area contributed by atoms with E-state index in [9.17, 15) is 14.7 Å². The zero-order valence-corrected chi connectivity index (χ0v) is 21.5. The van der Waals surface area contributed by atoms with E-state index in [1.807, 2.05) is 19.1 Å². The Kier molecular flexibility index (Phi) is 10.1. The Morgan fingerprint density at radius 3 is 2.24 bits per heavy atom. The molecule has 176 valence electrons. The molecule has 0 saturated heterocycles. The third kappa shape index (κ3) is 7.68. The highest BCUT2D eigenvalue weighted by Crippen LogP contribution is 2.43. The topological polar surface area (TPSA) is 54.4 Å². The summed E-state index contributed by atoms with van der Waals surface area (Å²) in [5.41, 5.74) is 6.02. The number of phenols is 1. The molecular weight excluding hydrogens is 428 g/mol. The molecule has 0 fully saturated rings. The molecule has 1 aliphatic carbocycles. The summed E-state index contributed by atoms with van der Waals surface area (Å²) in [6, 6.07) is 9.60. The average Bonchev–Trinajstić information content (AvgIpc) is 3.24. The van der Waals surface area contributed by atoms with Crippen molar-refractivity contribution in [3.8, 4) is 5.75 Å². The van der Waals surface area contributed by atoms with Gasteiger partial charge < -0.3 is 9.90 Å². The number of ketones is 2. The van der Waals surface area contributed by atoms with Gasteiger partial charge in [0.15, 0.2) is 5.78 Å². The van der Waals surface area contributed by atoms with Crippen LogP contribution in [0.25, 0.3) is 5.57 Å². The number of phenolic OH excluding ortho intramolecular Hbond substituents is 1. The van der Waals surface area contributed by atoms with Gasteiger partial charge in [-0.25, -0.2) is 0 Å². The second-order valence-electron chi connectivity index (χ2n) is 8.77. The highest BCUT2D eigenvalue weighted by Gasteiger charge is 2.29. The summed E-state index contributed by atoms with van der Waals surface area (Å²) >= 11 is 1.62. The van der Waals surface area contributed by atoms with E-state index in [0.29, 0.717) is 12.8 Å². The lowest BCUT2D eigenvalue weighted by Gasteiger charge is -2.22. The third-order valence-corrected chi connectivity index (χ3v) is 6.92. The molecule has 0 aliphatic heterocycles. The first-order chi connectivity index (χ1) is 15.7. The lowest BCUT2D eigenvalue weighted by molar-refractivity contribution is -0.116. The van der Waals surface area contributed by atoms with Crippen LogP contribution in [0.15, 0.2) is 59.7 Å². The number of carbonyl (C=O) groups is 2. The van der Waals surface area contributed by atoms with Gasteiger partial charge in [-0.3, -0.25) is 4.79 Å². The number of aromatic hydroxyl groups is 1. The Hall–Kier alpha value is -2.72. The van der Waals surface area contributed by atoms with Crippen LogP contribution in [0.3, 0.4) is 0 Å². The molecule has 3 nitrogen and oxygen atoms in total. The molecule has 1 atom stereocenters. The van der Waals surface area contributed by atoms with Gasteiger partial charge in [-0.05, 0) is 75.4 Å². The van der Waals surface area contributed by atoms with Crippen LogP contribution in [0.5, 0.6) is 5.75 Å². The van der Waals surface area contributed by atoms with Gasteiger partial charge in [-0.15, -0.1) is 11.3 Å². The van der Waals surface area contributed by atoms with Crippen molar-refractivity contribution in [1.29, 1.82) is 0 Å². The molecule has 0 spiro atoms. The first-order valence-corrected chi connectivity index (χ1v) is 12.5. The van der Waals surface area contributed by atoms with Crippen LogP contribution in [0, 0.1) is 0 Å². The molecule has 1 aromatic carbocycles. The highest BCUT2D eigenvalue weighted by molar-refractivity contribution is 7.15. The van der Waals surface area contributed by atoms with E-state index in [4.69, 9.17) is 0 Å². The predicted molar refractivity (Wildman–Crippen MR) is 140 cm³/mol. The summed E-state index contributed by atoms with van der Waals surface area (Å²) in [4.78, 5) is 24.5. The van der Waals surface area contributed by atoms with Crippen LogP contribution < -0.4 is 0 Å². The van der Waals surface area contributed by atoms with E-state index < -0.39 is 0 Å². The van der Waals surface area contributed by atoms with E-state index >= 15 is 0 Å². The van der Waals surface area contributed by atoms with E-state index in [1.165, 1.54) is 11.1 Å². The van der Waals surface area contributed by atoms with Gasteiger partial charge in [0, 0.05) is 23.6 Å².